The minimum atomic E-state index is -1.07. The summed E-state index contributed by atoms with van der Waals surface area (Å²) in [7, 11) is 0. The Balaban J connectivity index is 2.29. The highest BCUT2D eigenvalue weighted by Gasteiger charge is 2.17. The number of rotatable bonds is 8. The fourth-order valence-corrected chi connectivity index (χ4v) is 2.92. The van der Waals surface area contributed by atoms with E-state index >= 15 is 0 Å². The molecule has 1 atom stereocenters. The molecule has 0 bridgehead atoms. The van der Waals surface area contributed by atoms with Crippen LogP contribution in [-0.2, 0) is 4.79 Å². The smallest absolute Gasteiger partial charge is 0.339 e. The molecule has 5 heteroatoms. The molecule has 0 fully saturated rings. The molecule has 2 aromatic carbocycles. The number of carbonyl (C=O) groups excluding carboxylic acids is 1. The van der Waals surface area contributed by atoms with Crippen molar-refractivity contribution >= 4 is 17.4 Å². The second-order valence-corrected chi connectivity index (χ2v) is 6.52. The summed E-state index contributed by atoms with van der Waals surface area (Å²) in [5, 5.41) is 9.63. The SMILES string of the molecule is CCN(CC)C(=O)/C=C(/C)c1ccc(OC(C)c2ccccc2)c(C(=O)O)c1. The normalized spacial score (nSPS) is 12.4. The largest absolute Gasteiger partial charge is 0.485 e. The lowest BCUT2D eigenvalue weighted by atomic mass is 10.0. The zero-order valence-corrected chi connectivity index (χ0v) is 16.8. The van der Waals surface area contributed by atoms with Crippen LogP contribution >= 0.6 is 0 Å². The van der Waals surface area contributed by atoms with Gasteiger partial charge in [-0.3, -0.25) is 4.79 Å². The molecule has 0 saturated heterocycles. The first-order valence-electron chi connectivity index (χ1n) is 9.43. The lowest BCUT2D eigenvalue weighted by Gasteiger charge is -2.18. The Morgan fingerprint density at radius 2 is 1.75 bits per heavy atom. The number of benzene rings is 2. The van der Waals surface area contributed by atoms with Crippen LogP contribution in [0.25, 0.3) is 5.57 Å². The molecule has 0 spiro atoms. The Labute approximate surface area is 166 Å². The van der Waals surface area contributed by atoms with Crippen LogP contribution in [0.3, 0.4) is 0 Å². The van der Waals surface area contributed by atoms with Gasteiger partial charge in [0.1, 0.15) is 17.4 Å². The summed E-state index contributed by atoms with van der Waals surface area (Å²) in [5.41, 5.74) is 2.42. The maximum atomic E-state index is 12.3. The van der Waals surface area contributed by atoms with E-state index < -0.39 is 5.97 Å². The Morgan fingerprint density at radius 3 is 2.32 bits per heavy atom. The van der Waals surface area contributed by atoms with E-state index in [-0.39, 0.29) is 17.6 Å². The number of carboxylic acids is 1. The number of aromatic carboxylic acids is 1. The number of amides is 1. The number of carbonyl (C=O) groups is 2. The van der Waals surface area contributed by atoms with Crippen LogP contribution in [0, 0.1) is 0 Å². The predicted molar refractivity (Wildman–Crippen MR) is 110 cm³/mol. The van der Waals surface area contributed by atoms with Gasteiger partial charge in [-0.05, 0) is 56.5 Å². The molecule has 148 valence electrons. The second-order valence-electron chi connectivity index (χ2n) is 6.52. The molecule has 1 unspecified atom stereocenters. The van der Waals surface area contributed by atoms with Crippen LogP contribution in [0.4, 0.5) is 0 Å². The van der Waals surface area contributed by atoms with Crippen LogP contribution in [0.2, 0.25) is 0 Å². The highest BCUT2D eigenvalue weighted by atomic mass is 16.5. The maximum absolute atomic E-state index is 12.3. The third-order valence-electron chi connectivity index (χ3n) is 4.65. The first kappa shape index (κ1) is 21.2. The van der Waals surface area contributed by atoms with Gasteiger partial charge in [-0.15, -0.1) is 0 Å². The topological polar surface area (TPSA) is 66.8 Å². The summed E-state index contributed by atoms with van der Waals surface area (Å²) in [5.74, 6) is -0.854. The first-order valence-corrected chi connectivity index (χ1v) is 9.43. The Bertz CT molecular complexity index is 854. The fraction of sp³-hybridized carbons (Fsp3) is 0.304. The molecule has 0 aliphatic carbocycles. The number of hydrogen-bond acceptors (Lipinski definition) is 3. The summed E-state index contributed by atoms with van der Waals surface area (Å²) >= 11 is 0. The summed E-state index contributed by atoms with van der Waals surface area (Å²) in [6.07, 6.45) is 1.26. The van der Waals surface area contributed by atoms with Gasteiger partial charge in [0, 0.05) is 19.2 Å². The fourth-order valence-electron chi connectivity index (χ4n) is 2.92. The van der Waals surface area contributed by atoms with Gasteiger partial charge in [0.05, 0.1) is 0 Å². The van der Waals surface area contributed by atoms with E-state index in [9.17, 15) is 14.7 Å². The van der Waals surface area contributed by atoms with Crippen molar-refractivity contribution in [3.8, 4) is 5.75 Å². The monoisotopic (exact) mass is 381 g/mol. The molecule has 0 radical (unpaired) electrons. The van der Waals surface area contributed by atoms with E-state index in [1.165, 1.54) is 0 Å². The molecular weight excluding hydrogens is 354 g/mol. The summed E-state index contributed by atoms with van der Waals surface area (Å²) < 4.78 is 5.91. The molecule has 0 heterocycles. The number of nitrogens with zero attached hydrogens (tertiary/aromatic N) is 1. The number of likely N-dealkylation sites (N-methyl/N-ethyl adjacent to an activating group) is 1. The quantitative estimate of drug-likeness (QED) is 0.667. The van der Waals surface area contributed by atoms with E-state index in [1.54, 1.807) is 36.1 Å². The van der Waals surface area contributed by atoms with Crippen molar-refractivity contribution in [2.75, 3.05) is 13.1 Å². The molecule has 0 aliphatic rings. The average Bonchev–Trinajstić information content (AvgIpc) is 2.69. The van der Waals surface area contributed by atoms with Crippen molar-refractivity contribution in [3.05, 3.63) is 71.3 Å². The molecular formula is C23H27NO4. The third-order valence-corrected chi connectivity index (χ3v) is 4.65. The van der Waals surface area contributed by atoms with Gasteiger partial charge in [0.15, 0.2) is 0 Å². The Morgan fingerprint density at radius 1 is 1.11 bits per heavy atom. The molecule has 1 N–H and O–H groups in total. The van der Waals surface area contributed by atoms with Crippen LogP contribution < -0.4 is 4.74 Å². The highest BCUT2D eigenvalue weighted by molar-refractivity contribution is 5.96. The number of carboxylic acid groups (broad SMARTS) is 1. The number of allylic oxidation sites excluding steroid dienone is 1. The minimum Gasteiger partial charge on any atom is -0.485 e. The van der Waals surface area contributed by atoms with Crippen LogP contribution in [0.15, 0.2) is 54.6 Å². The molecule has 1 amide bonds. The van der Waals surface area contributed by atoms with E-state index in [0.29, 0.717) is 30.0 Å². The maximum Gasteiger partial charge on any atom is 0.339 e. The molecule has 0 aliphatic heterocycles. The molecule has 0 saturated carbocycles. The van der Waals surface area contributed by atoms with Gasteiger partial charge >= 0.3 is 5.97 Å². The highest BCUT2D eigenvalue weighted by Crippen LogP contribution is 2.28. The van der Waals surface area contributed by atoms with E-state index in [0.717, 1.165) is 5.56 Å². The van der Waals surface area contributed by atoms with Crippen LogP contribution in [0.5, 0.6) is 5.75 Å². The summed E-state index contributed by atoms with van der Waals surface area (Å²) in [6.45, 7) is 8.78. The summed E-state index contributed by atoms with van der Waals surface area (Å²) in [6, 6.07) is 14.6. The van der Waals surface area contributed by atoms with Crippen molar-refractivity contribution in [2.24, 2.45) is 0 Å². The van der Waals surface area contributed by atoms with E-state index in [2.05, 4.69) is 0 Å². The summed E-state index contributed by atoms with van der Waals surface area (Å²) in [4.78, 5) is 25.8. The minimum absolute atomic E-state index is 0.0725. The van der Waals surface area contributed by atoms with Crippen molar-refractivity contribution in [1.82, 2.24) is 4.90 Å². The van der Waals surface area contributed by atoms with Crippen molar-refractivity contribution < 1.29 is 19.4 Å². The lowest BCUT2D eigenvalue weighted by molar-refractivity contribution is -0.125. The lowest BCUT2D eigenvalue weighted by Crippen LogP contribution is -2.28. The molecule has 0 aromatic heterocycles. The van der Waals surface area contributed by atoms with Gasteiger partial charge < -0.3 is 14.7 Å². The van der Waals surface area contributed by atoms with Gasteiger partial charge in [-0.1, -0.05) is 36.4 Å². The van der Waals surface area contributed by atoms with Gasteiger partial charge in [0.2, 0.25) is 5.91 Å². The van der Waals surface area contributed by atoms with Gasteiger partial charge in [-0.2, -0.15) is 0 Å². The van der Waals surface area contributed by atoms with E-state index in [1.807, 2.05) is 51.1 Å². The number of ether oxygens (including phenoxy) is 1. The first-order chi connectivity index (χ1) is 13.4. The van der Waals surface area contributed by atoms with Crippen molar-refractivity contribution in [2.45, 2.75) is 33.8 Å². The zero-order chi connectivity index (χ0) is 20.7. The zero-order valence-electron chi connectivity index (χ0n) is 16.8. The van der Waals surface area contributed by atoms with Crippen LogP contribution in [-0.4, -0.2) is 35.0 Å². The standard InChI is InChI=1S/C23H27NO4/c1-5-24(6-2)22(25)14-16(3)19-12-13-21(20(15-19)23(26)27)28-17(4)18-10-8-7-9-11-18/h7-15,17H,5-6H2,1-4H3,(H,26,27)/b16-14-. The van der Waals surface area contributed by atoms with Gasteiger partial charge in [-0.25, -0.2) is 4.79 Å². The molecule has 28 heavy (non-hydrogen) atoms. The molecule has 2 rings (SSSR count). The molecule has 5 nitrogen and oxygen atoms in total. The van der Waals surface area contributed by atoms with E-state index in [4.69, 9.17) is 4.74 Å². The van der Waals surface area contributed by atoms with Crippen molar-refractivity contribution in [3.63, 3.8) is 0 Å². The number of hydrogen-bond donors (Lipinski definition) is 1. The Kier molecular flexibility index (Phi) is 7.38. The third kappa shape index (κ3) is 5.22. The van der Waals surface area contributed by atoms with Gasteiger partial charge in [0.25, 0.3) is 0 Å². The predicted octanol–water partition coefficient (Wildman–Crippen LogP) is 4.80. The Hall–Kier alpha value is -3.08. The average molecular weight is 381 g/mol. The molecule has 2 aromatic rings. The van der Waals surface area contributed by atoms with Crippen molar-refractivity contribution in [1.29, 1.82) is 0 Å². The second kappa shape index (κ2) is 9.74. The van der Waals surface area contributed by atoms with Crippen LogP contribution in [0.1, 0.15) is 55.3 Å².